The molecule has 5 heteroatoms. The zero-order valence-electron chi connectivity index (χ0n) is 14.5. The molecule has 23 heavy (non-hydrogen) atoms. The van der Waals surface area contributed by atoms with E-state index in [0.717, 1.165) is 44.9 Å². The van der Waals surface area contributed by atoms with Gasteiger partial charge in [-0.1, -0.05) is 45.1 Å². The minimum absolute atomic E-state index is 0.308. The number of unbranched alkanes of at least 4 members (excludes halogenated alkanes) is 6. The summed E-state index contributed by atoms with van der Waals surface area (Å²) < 4.78 is 5.02. The van der Waals surface area contributed by atoms with E-state index in [4.69, 9.17) is 14.9 Å². The second kappa shape index (κ2) is 14.7. The summed E-state index contributed by atoms with van der Waals surface area (Å²) in [6, 6.07) is 0. The average molecular weight is 330 g/mol. The third-order valence-electron chi connectivity index (χ3n) is 3.76. The first-order chi connectivity index (χ1) is 10.9. The zero-order chi connectivity index (χ0) is 17.5. The lowest BCUT2D eigenvalue weighted by Gasteiger charge is -2.10. The van der Waals surface area contributed by atoms with Gasteiger partial charge in [-0.2, -0.15) is 0 Å². The molecule has 0 fully saturated rings. The van der Waals surface area contributed by atoms with E-state index in [2.05, 4.69) is 6.58 Å². The van der Waals surface area contributed by atoms with Crippen LogP contribution in [0.5, 0.6) is 0 Å². The molecule has 3 N–H and O–H groups in total. The van der Waals surface area contributed by atoms with Gasteiger partial charge < -0.3 is 20.1 Å². The van der Waals surface area contributed by atoms with Gasteiger partial charge in [0.25, 0.3) is 0 Å². The third-order valence-corrected chi connectivity index (χ3v) is 3.76. The average Bonchev–Trinajstić information content (AvgIpc) is 2.48. The van der Waals surface area contributed by atoms with Crippen LogP contribution in [0.25, 0.3) is 0 Å². The van der Waals surface area contributed by atoms with Crippen molar-refractivity contribution in [3.05, 3.63) is 12.2 Å². The normalized spacial score (nSPS) is 12.4. The lowest BCUT2D eigenvalue weighted by Crippen LogP contribution is -2.09. The zero-order valence-corrected chi connectivity index (χ0v) is 14.5. The summed E-state index contributed by atoms with van der Waals surface area (Å²) in [6.45, 7) is 5.65. The molecule has 5 nitrogen and oxygen atoms in total. The van der Waals surface area contributed by atoms with Crippen molar-refractivity contribution in [2.24, 2.45) is 0 Å². The number of hydrogen-bond acceptors (Lipinski definition) is 5. The monoisotopic (exact) mass is 330 g/mol. The summed E-state index contributed by atoms with van der Waals surface area (Å²) in [5.41, 5.74) is 0.444. The Morgan fingerprint density at radius 2 is 1.39 bits per heavy atom. The number of rotatable bonds is 15. The highest BCUT2D eigenvalue weighted by Crippen LogP contribution is 2.13. The van der Waals surface area contributed by atoms with E-state index in [1.807, 2.05) is 0 Å². The van der Waals surface area contributed by atoms with Gasteiger partial charge in [0.15, 0.2) is 6.29 Å². The van der Waals surface area contributed by atoms with Crippen molar-refractivity contribution in [1.29, 1.82) is 0 Å². The van der Waals surface area contributed by atoms with Crippen LogP contribution in [0.2, 0.25) is 0 Å². The van der Waals surface area contributed by atoms with Crippen LogP contribution in [-0.2, 0) is 9.53 Å². The second-order valence-electron chi connectivity index (χ2n) is 6.25. The Balaban J connectivity index is 3.24. The Kier molecular flexibility index (Phi) is 14.1. The Morgan fingerprint density at radius 3 is 1.96 bits per heavy atom. The van der Waals surface area contributed by atoms with Crippen molar-refractivity contribution in [3.8, 4) is 0 Å². The molecule has 0 rings (SSSR count). The van der Waals surface area contributed by atoms with Crippen LogP contribution in [0.4, 0.5) is 0 Å². The number of esters is 1. The lowest BCUT2D eigenvalue weighted by molar-refractivity contribution is -0.139. The van der Waals surface area contributed by atoms with Crippen molar-refractivity contribution in [2.45, 2.75) is 89.9 Å². The molecule has 0 aliphatic heterocycles. The maximum absolute atomic E-state index is 11.1. The van der Waals surface area contributed by atoms with Gasteiger partial charge in [0, 0.05) is 5.57 Å². The number of aliphatic hydroxyl groups is 3. The molecule has 0 saturated heterocycles. The highest BCUT2D eigenvalue weighted by atomic mass is 16.5. The molecule has 0 aromatic heterocycles. The standard InChI is InChI=1S/C18H34O5/c1-15(2)18(22)23-14-9-7-5-3-4-6-8-11-16(19)12-10-13-17(20)21/h16-17,19-21H,1,3-14H2,2H3. The summed E-state index contributed by atoms with van der Waals surface area (Å²) in [5, 5.41) is 27.2. The molecule has 0 aliphatic carbocycles. The fourth-order valence-corrected chi connectivity index (χ4v) is 2.33. The molecule has 0 aromatic carbocycles. The Bertz CT molecular complexity index is 315. The molecule has 0 radical (unpaired) electrons. The minimum Gasteiger partial charge on any atom is -0.462 e. The Labute approximate surface area is 140 Å². The number of ether oxygens (including phenoxy) is 1. The maximum atomic E-state index is 11.1. The second-order valence-corrected chi connectivity index (χ2v) is 6.25. The van der Waals surface area contributed by atoms with E-state index < -0.39 is 6.29 Å². The van der Waals surface area contributed by atoms with Crippen LogP contribution >= 0.6 is 0 Å². The van der Waals surface area contributed by atoms with Crippen LogP contribution in [0.15, 0.2) is 12.2 Å². The van der Waals surface area contributed by atoms with E-state index in [1.165, 1.54) is 6.42 Å². The molecule has 0 bridgehead atoms. The largest absolute Gasteiger partial charge is 0.462 e. The van der Waals surface area contributed by atoms with Crippen LogP contribution in [0.1, 0.15) is 77.6 Å². The predicted molar refractivity (Wildman–Crippen MR) is 90.8 cm³/mol. The first-order valence-electron chi connectivity index (χ1n) is 8.80. The van der Waals surface area contributed by atoms with E-state index in [1.54, 1.807) is 6.92 Å². The van der Waals surface area contributed by atoms with Gasteiger partial charge in [-0.3, -0.25) is 0 Å². The Hall–Kier alpha value is -0.910. The summed E-state index contributed by atoms with van der Waals surface area (Å²) in [6.07, 6.45) is 8.39. The molecular weight excluding hydrogens is 296 g/mol. The van der Waals surface area contributed by atoms with Gasteiger partial charge in [0.05, 0.1) is 12.7 Å². The molecule has 0 saturated carbocycles. The SMILES string of the molecule is C=C(C)C(=O)OCCCCCCCCCC(O)CCCC(O)O. The van der Waals surface area contributed by atoms with Gasteiger partial charge in [0.1, 0.15) is 0 Å². The number of carbonyl (C=O) groups is 1. The van der Waals surface area contributed by atoms with Gasteiger partial charge in [0.2, 0.25) is 0 Å². The van der Waals surface area contributed by atoms with Gasteiger partial charge in [-0.05, 0) is 39.0 Å². The van der Waals surface area contributed by atoms with Crippen molar-refractivity contribution in [3.63, 3.8) is 0 Å². The van der Waals surface area contributed by atoms with Crippen molar-refractivity contribution >= 4 is 5.97 Å². The maximum Gasteiger partial charge on any atom is 0.333 e. The smallest absolute Gasteiger partial charge is 0.333 e. The summed E-state index contributed by atoms with van der Waals surface area (Å²) in [5.74, 6) is -0.308. The summed E-state index contributed by atoms with van der Waals surface area (Å²) >= 11 is 0. The van der Waals surface area contributed by atoms with Gasteiger partial charge in [-0.25, -0.2) is 4.79 Å². The lowest BCUT2D eigenvalue weighted by atomic mass is 10.0. The van der Waals surface area contributed by atoms with E-state index in [0.29, 0.717) is 31.4 Å². The molecule has 1 atom stereocenters. The first-order valence-corrected chi connectivity index (χ1v) is 8.80. The summed E-state index contributed by atoms with van der Waals surface area (Å²) in [4.78, 5) is 11.1. The van der Waals surface area contributed by atoms with E-state index in [-0.39, 0.29) is 12.1 Å². The van der Waals surface area contributed by atoms with Crippen molar-refractivity contribution in [1.82, 2.24) is 0 Å². The van der Waals surface area contributed by atoms with E-state index >= 15 is 0 Å². The fourth-order valence-electron chi connectivity index (χ4n) is 2.33. The van der Waals surface area contributed by atoms with E-state index in [9.17, 15) is 9.90 Å². The first kappa shape index (κ1) is 22.1. The summed E-state index contributed by atoms with van der Waals surface area (Å²) in [7, 11) is 0. The molecule has 0 spiro atoms. The number of aliphatic hydroxyl groups excluding tert-OH is 2. The molecule has 0 aromatic rings. The number of carbonyl (C=O) groups excluding carboxylic acids is 1. The molecule has 0 heterocycles. The van der Waals surface area contributed by atoms with Crippen LogP contribution in [0, 0.1) is 0 Å². The fraction of sp³-hybridized carbons (Fsp3) is 0.833. The quantitative estimate of drug-likeness (QED) is 0.186. The van der Waals surface area contributed by atoms with Crippen LogP contribution in [0.3, 0.4) is 0 Å². The van der Waals surface area contributed by atoms with Crippen LogP contribution in [-0.4, -0.2) is 40.3 Å². The molecule has 1 unspecified atom stereocenters. The van der Waals surface area contributed by atoms with Gasteiger partial charge in [-0.15, -0.1) is 0 Å². The highest BCUT2D eigenvalue weighted by Gasteiger charge is 2.05. The molecular formula is C18H34O5. The minimum atomic E-state index is -1.26. The topological polar surface area (TPSA) is 87.0 Å². The van der Waals surface area contributed by atoms with Crippen LogP contribution < -0.4 is 0 Å². The highest BCUT2D eigenvalue weighted by molar-refractivity contribution is 5.86. The van der Waals surface area contributed by atoms with Gasteiger partial charge >= 0.3 is 5.97 Å². The van der Waals surface area contributed by atoms with Crippen molar-refractivity contribution < 1.29 is 24.9 Å². The molecule has 0 amide bonds. The predicted octanol–water partition coefficient (Wildman–Crippen LogP) is 3.07. The Morgan fingerprint density at radius 1 is 0.870 bits per heavy atom. The molecule has 0 aliphatic rings. The van der Waals surface area contributed by atoms with Crippen molar-refractivity contribution in [2.75, 3.05) is 6.61 Å². The third kappa shape index (κ3) is 15.8. The number of hydrogen-bond donors (Lipinski definition) is 3. The molecule has 136 valence electrons.